The number of aliphatic hydroxyl groups is 1. The predicted octanol–water partition coefficient (Wildman–Crippen LogP) is 2.51. The second-order valence-corrected chi connectivity index (χ2v) is 8.10. The highest BCUT2D eigenvalue weighted by molar-refractivity contribution is 7.10. The number of likely N-dealkylation sites (tertiary alicyclic amines) is 1. The topological polar surface area (TPSA) is 43.8 Å². The molecule has 3 rings (SSSR count). The first-order chi connectivity index (χ1) is 11.1. The molecule has 1 aromatic rings. The number of fused-ring (bicyclic) bond motifs is 1. The minimum atomic E-state index is -0.0521. The Morgan fingerprint density at radius 2 is 2.13 bits per heavy atom. The van der Waals surface area contributed by atoms with Crippen molar-refractivity contribution in [2.45, 2.75) is 52.1 Å². The summed E-state index contributed by atoms with van der Waals surface area (Å²) in [6.07, 6.45) is 4.00. The number of piperidine rings is 1. The van der Waals surface area contributed by atoms with Gasteiger partial charge in [-0.25, -0.2) is 0 Å². The third-order valence-electron chi connectivity index (χ3n) is 5.97. The van der Waals surface area contributed by atoms with E-state index in [0.29, 0.717) is 0 Å². The van der Waals surface area contributed by atoms with Gasteiger partial charge in [-0.15, -0.1) is 11.3 Å². The van der Waals surface area contributed by atoms with E-state index in [9.17, 15) is 9.90 Å². The van der Waals surface area contributed by atoms with Gasteiger partial charge in [-0.2, -0.15) is 0 Å². The molecule has 0 aromatic carbocycles. The fourth-order valence-electron chi connectivity index (χ4n) is 3.87. The van der Waals surface area contributed by atoms with Crippen LogP contribution in [0.15, 0.2) is 11.4 Å². The molecule has 1 aromatic heterocycles. The van der Waals surface area contributed by atoms with Crippen LogP contribution in [0.2, 0.25) is 0 Å². The molecule has 0 radical (unpaired) electrons. The van der Waals surface area contributed by atoms with Crippen molar-refractivity contribution >= 4 is 17.2 Å². The molecule has 2 aliphatic heterocycles. The highest BCUT2D eigenvalue weighted by Crippen LogP contribution is 2.35. The number of aliphatic hydroxyl groups excluding tert-OH is 1. The summed E-state index contributed by atoms with van der Waals surface area (Å²) in [5.74, 6) is 0.259. The number of hydrogen-bond donors (Lipinski definition) is 1. The van der Waals surface area contributed by atoms with E-state index in [1.807, 2.05) is 23.2 Å². The van der Waals surface area contributed by atoms with Crippen LogP contribution in [0.5, 0.6) is 0 Å². The van der Waals surface area contributed by atoms with Crippen LogP contribution in [0.25, 0.3) is 0 Å². The number of amides is 1. The highest BCUT2D eigenvalue weighted by Gasteiger charge is 2.36. The monoisotopic (exact) mass is 336 g/mol. The van der Waals surface area contributed by atoms with Crippen molar-refractivity contribution in [3.63, 3.8) is 0 Å². The van der Waals surface area contributed by atoms with E-state index in [1.54, 1.807) is 0 Å². The second kappa shape index (κ2) is 6.91. The van der Waals surface area contributed by atoms with Crippen LogP contribution in [0.1, 0.15) is 43.6 Å². The lowest BCUT2D eigenvalue weighted by molar-refractivity contribution is -0.138. The van der Waals surface area contributed by atoms with Gasteiger partial charge in [0.1, 0.15) is 0 Å². The fourth-order valence-corrected chi connectivity index (χ4v) is 4.76. The minimum Gasteiger partial charge on any atom is -0.396 e. The standard InChI is InChI=1S/C18H28N2O2S/c1-3-18(13-21)6-9-19(10-7-18)14(2)17(22)20-8-4-16-15(12-20)5-11-23-16/h5,11,14,21H,3-4,6-10,12-13H2,1-2H3. The molecule has 1 saturated heterocycles. The van der Waals surface area contributed by atoms with Crippen LogP contribution in [0.3, 0.4) is 0 Å². The van der Waals surface area contributed by atoms with E-state index in [0.717, 1.165) is 51.9 Å². The first-order valence-corrected chi connectivity index (χ1v) is 9.65. The summed E-state index contributed by atoms with van der Waals surface area (Å²) in [5.41, 5.74) is 1.40. The van der Waals surface area contributed by atoms with E-state index in [4.69, 9.17) is 0 Å². The van der Waals surface area contributed by atoms with Gasteiger partial charge in [-0.3, -0.25) is 9.69 Å². The van der Waals surface area contributed by atoms with Crippen molar-refractivity contribution in [3.8, 4) is 0 Å². The average Bonchev–Trinajstić information content (AvgIpc) is 3.08. The summed E-state index contributed by atoms with van der Waals surface area (Å²) in [6.45, 7) is 7.92. The van der Waals surface area contributed by atoms with Gasteiger partial charge in [0, 0.05) is 24.6 Å². The van der Waals surface area contributed by atoms with E-state index in [1.165, 1.54) is 10.4 Å². The Morgan fingerprint density at radius 1 is 1.39 bits per heavy atom. The van der Waals surface area contributed by atoms with Gasteiger partial charge < -0.3 is 10.0 Å². The number of rotatable bonds is 4. The van der Waals surface area contributed by atoms with Crippen LogP contribution < -0.4 is 0 Å². The van der Waals surface area contributed by atoms with Crippen LogP contribution in [0, 0.1) is 5.41 Å². The molecular formula is C18H28N2O2S. The summed E-state index contributed by atoms with van der Waals surface area (Å²) in [6, 6.07) is 2.10. The van der Waals surface area contributed by atoms with Gasteiger partial charge in [-0.05, 0) is 68.1 Å². The van der Waals surface area contributed by atoms with Crippen molar-refractivity contribution in [2.24, 2.45) is 5.41 Å². The Labute approximate surface area is 143 Å². The van der Waals surface area contributed by atoms with E-state index in [-0.39, 0.29) is 24.0 Å². The largest absolute Gasteiger partial charge is 0.396 e. The summed E-state index contributed by atoms with van der Waals surface area (Å²) in [5, 5.41) is 11.8. The smallest absolute Gasteiger partial charge is 0.239 e. The summed E-state index contributed by atoms with van der Waals surface area (Å²) in [7, 11) is 0. The highest BCUT2D eigenvalue weighted by atomic mass is 32.1. The molecule has 1 atom stereocenters. The first-order valence-electron chi connectivity index (χ1n) is 8.77. The molecule has 0 saturated carbocycles. The van der Waals surface area contributed by atoms with Gasteiger partial charge in [0.15, 0.2) is 0 Å². The van der Waals surface area contributed by atoms with Crippen LogP contribution in [-0.4, -0.2) is 53.1 Å². The molecule has 0 bridgehead atoms. The van der Waals surface area contributed by atoms with Crippen molar-refractivity contribution in [1.29, 1.82) is 0 Å². The molecule has 1 N–H and O–H groups in total. The number of thiophene rings is 1. The zero-order valence-electron chi connectivity index (χ0n) is 14.3. The quantitative estimate of drug-likeness (QED) is 0.919. The van der Waals surface area contributed by atoms with Gasteiger partial charge in [0.25, 0.3) is 0 Å². The lowest BCUT2D eigenvalue weighted by Crippen LogP contribution is -2.52. The molecule has 1 amide bonds. The van der Waals surface area contributed by atoms with Crippen LogP contribution >= 0.6 is 11.3 Å². The molecule has 0 spiro atoms. The zero-order valence-corrected chi connectivity index (χ0v) is 15.1. The maximum atomic E-state index is 12.9. The first kappa shape index (κ1) is 16.9. The summed E-state index contributed by atoms with van der Waals surface area (Å²) < 4.78 is 0. The molecule has 128 valence electrons. The molecule has 23 heavy (non-hydrogen) atoms. The Bertz CT molecular complexity index is 543. The molecular weight excluding hydrogens is 308 g/mol. The third kappa shape index (κ3) is 3.32. The number of carbonyl (C=O) groups is 1. The van der Waals surface area contributed by atoms with Gasteiger partial charge in [-0.1, -0.05) is 6.92 Å². The molecule has 0 aliphatic carbocycles. The van der Waals surface area contributed by atoms with Crippen molar-refractivity contribution < 1.29 is 9.90 Å². The van der Waals surface area contributed by atoms with E-state index < -0.39 is 0 Å². The van der Waals surface area contributed by atoms with Gasteiger partial charge in [0.2, 0.25) is 5.91 Å². The Hall–Kier alpha value is -0.910. The SMILES string of the molecule is CCC1(CO)CCN(C(C)C(=O)N2CCc3sccc3C2)CC1. The van der Waals surface area contributed by atoms with Crippen molar-refractivity contribution in [3.05, 3.63) is 21.9 Å². The number of hydrogen-bond acceptors (Lipinski definition) is 4. The normalized spacial score (nSPS) is 22.7. The zero-order chi connectivity index (χ0) is 16.4. The third-order valence-corrected chi connectivity index (χ3v) is 6.99. The molecule has 2 aliphatic rings. The van der Waals surface area contributed by atoms with Gasteiger partial charge in [0.05, 0.1) is 6.04 Å². The predicted molar refractivity (Wildman–Crippen MR) is 93.5 cm³/mol. The molecule has 4 nitrogen and oxygen atoms in total. The molecule has 3 heterocycles. The Balaban J connectivity index is 1.59. The van der Waals surface area contributed by atoms with Crippen LogP contribution in [-0.2, 0) is 17.8 Å². The molecule has 5 heteroatoms. The second-order valence-electron chi connectivity index (χ2n) is 7.10. The number of nitrogens with zero attached hydrogens (tertiary/aromatic N) is 2. The van der Waals surface area contributed by atoms with E-state index in [2.05, 4.69) is 23.3 Å². The lowest BCUT2D eigenvalue weighted by Gasteiger charge is -2.43. The van der Waals surface area contributed by atoms with E-state index >= 15 is 0 Å². The molecule has 1 fully saturated rings. The Kier molecular flexibility index (Phi) is 5.09. The maximum absolute atomic E-state index is 12.9. The summed E-state index contributed by atoms with van der Waals surface area (Å²) >= 11 is 1.81. The van der Waals surface area contributed by atoms with Crippen molar-refractivity contribution in [2.75, 3.05) is 26.2 Å². The lowest BCUT2D eigenvalue weighted by atomic mass is 9.76. The number of carbonyl (C=O) groups excluding carboxylic acids is 1. The average molecular weight is 337 g/mol. The Morgan fingerprint density at radius 3 is 2.78 bits per heavy atom. The van der Waals surface area contributed by atoms with Gasteiger partial charge >= 0.3 is 0 Å². The van der Waals surface area contributed by atoms with Crippen LogP contribution in [0.4, 0.5) is 0 Å². The minimum absolute atomic E-state index is 0.0521. The maximum Gasteiger partial charge on any atom is 0.239 e. The summed E-state index contributed by atoms with van der Waals surface area (Å²) in [4.78, 5) is 18.6. The van der Waals surface area contributed by atoms with Crippen molar-refractivity contribution in [1.82, 2.24) is 9.80 Å². The molecule has 1 unspecified atom stereocenters. The fraction of sp³-hybridized carbons (Fsp3) is 0.722.